The molecule has 8 heteroatoms. The van der Waals surface area contributed by atoms with Crippen molar-refractivity contribution in [2.75, 3.05) is 11.8 Å². The number of benzene rings is 3. The molecule has 0 spiro atoms. The molecule has 0 aliphatic carbocycles. The van der Waals surface area contributed by atoms with Crippen LogP contribution in [0.25, 0.3) is 0 Å². The Balaban J connectivity index is 1.79. The van der Waals surface area contributed by atoms with E-state index in [2.05, 4.69) is 4.72 Å². The highest BCUT2D eigenvalue weighted by atomic mass is 32.2. The second-order valence-electron chi connectivity index (χ2n) is 7.15. The van der Waals surface area contributed by atoms with Gasteiger partial charge in [0, 0.05) is 19.3 Å². The summed E-state index contributed by atoms with van der Waals surface area (Å²) >= 11 is 0. The van der Waals surface area contributed by atoms with Gasteiger partial charge in [0.1, 0.15) is 0 Å². The van der Waals surface area contributed by atoms with Gasteiger partial charge in [-0.3, -0.25) is 4.72 Å². The molecule has 3 aromatic rings. The molecule has 30 heavy (non-hydrogen) atoms. The van der Waals surface area contributed by atoms with E-state index in [9.17, 15) is 16.8 Å². The topological polar surface area (TPSA) is 83.5 Å². The summed E-state index contributed by atoms with van der Waals surface area (Å²) in [6.07, 6.45) is 0. The quantitative estimate of drug-likeness (QED) is 0.599. The molecule has 0 fully saturated rings. The molecule has 0 aliphatic heterocycles. The third kappa shape index (κ3) is 4.89. The lowest BCUT2D eigenvalue weighted by Gasteiger charge is -2.18. The molecule has 3 rings (SSSR count). The normalized spacial score (nSPS) is 12.1. The summed E-state index contributed by atoms with van der Waals surface area (Å²) in [4.78, 5) is 0.289. The van der Waals surface area contributed by atoms with E-state index in [1.54, 1.807) is 19.1 Å². The van der Waals surface area contributed by atoms with Crippen molar-refractivity contribution in [3.05, 3.63) is 89.5 Å². The zero-order valence-corrected chi connectivity index (χ0v) is 18.7. The van der Waals surface area contributed by atoms with Gasteiger partial charge in [0.2, 0.25) is 10.0 Å². The lowest BCUT2D eigenvalue weighted by molar-refractivity contribution is 0.467. The first-order valence-electron chi connectivity index (χ1n) is 9.30. The van der Waals surface area contributed by atoms with Gasteiger partial charge in [-0.25, -0.2) is 16.8 Å². The molecular weight excluding hydrogens is 420 g/mol. The summed E-state index contributed by atoms with van der Waals surface area (Å²) in [6.45, 7) is 3.79. The zero-order valence-electron chi connectivity index (χ0n) is 17.0. The zero-order chi connectivity index (χ0) is 21.9. The van der Waals surface area contributed by atoms with Crippen LogP contribution in [0.4, 0.5) is 5.69 Å². The van der Waals surface area contributed by atoms with Crippen molar-refractivity contribution in [3.8, 4) is 0 Å². The van der Waals surface area contributed by atoms with Gasteiger partial charge in [0.15, 0.2) is 0 Å². The fraction of sp³-hybridized carbons (Fsp3) is 0.182. The predicted octanol–water partition coefficient (Wildman–Crippen LogP) is 3.92. The van der Waals surface area contributed by atoms with Gasteiger partial charge >= 0.3 is 0 Å². The number of rotatable bonds is 7. The Labute approximate surface area is 178 Å². The monoisotopic (exact) mass is 444 g/mol. The lowest BCUT2D eigenvalue weighted by atomic mass is 10.2. The first-order valence-corrected chi connectivity index (χ1v) is 12.2. The molecular formula is C22H24N2O4S2. The highest BCUT2D eigenvalue weighted by molar-refractivity contribution is 7.92. The van der Waals surface area contributed by atoms with Crippen molar-refractivity contribution in [1.29, 1.82) is 0 Å². The van der Waals surface area contributed by atoms with Gasteiger partial charge in [0.25, 0.3) is 10.0 Å². The van der Waals surface area contributed by atoms with Gasteiger partial charge < -0.3 is 0 Å². The molecule has 0 saturated heterocycles. The fourth-order valence-corrected chi connectivity index (χ4v) is 5.56. The van der Waals surface area contributed by atoms with E-state index in [0.29, 0.717) is 11.3 Å². The number of sulfonamides is 2. The molecule has 158 valence electrons. The average Bonchev–Trinajstić information content (AvgIpc) is 2.70. The molecule has 0 atom stereocenters. The summed E-state index contributed by atoms with van der Waals surface area (Å²) in [5, 5.41) is 0. The molecule has 6 nitrogen and oxygen atoms in total. The maximum atomic E-state index is 12.8. The molecule has 1 N–H and O–H groups in total. The predicted molar refractivity (Wildman–Crippen MR) is 118 cm³/mol. The molecule has 0 bridgehead atoms. The van der Waals surface area contributed by atoms with Crippen molar-refractivity contribution in [2.24, 2.45) is 0 Å². The van der Waals surface area contributed by atoms with Crippen molar-refractivity contribution < 1.29 is 16.8 Å². The molecule has 0 aliphatic rings. The van der Waals surface area contributed by atoms with E-state index in [0.717, 1.165) is 11.1 Å². The van der Waals surface area contributed by atoms with Crippen LogP contribution in [0, 0.1) is 13.8 Å². The summed E-state index contributed by atoms with van der Waals surface area (Å²) in [6, 6.07) is 20.2. The largest absolute Gasteiger partial charge is 0.280 e. The number of anilines is 1. The first kappa shape index (κ1) is 22.0. The van der Waals surface area contributed by atoms with Crippen LogP contribution >= 0.6 is 0 Å². The Kier molecular flexibility index (Phi) is 6.30. The van der Waals surface area contributed by atoms with E-state index in [1.165, 1.54) is 35.6 Å². The van der Waals surface area contributed by atoms with Gasteiger partial charge in [-0.05, 0) is 60.9 Å². The maximum absolute atomic E-state index is 12.8. The van der Waals surface area contributed by atoms with Crippen molar-refractivity contribution in [3.63, 3.8) is 0 Å². The van der Waals surface area contributed by atoms with Crippen LogP contribution < -0.4 is 4.72 Å². The van der Waals surface area contributed by atoms with Crippen LogP contribution in [0.2, 0.25) is 0 Å². The Morgan fingerprint density at radius 2 is 1.47 bits per heavy atom. The van der Waals surface area contributed by atoms with Crippen molar-refractivity contribution >= 4 is 25.7 Å². The second kappa shape index (κ2) is 8.59. The van der Waals surface area contributed by atoms with E-state index >= 15 is 0 Å². The number of hydrogen-bond donors (Lipinski definition) is 1. The van der Waals surface area contributed by atoms with E-state index in [4.69, 9.17) is 0 Å². The molecule has 0 saturated carbocycles. The Hall–Kier alpha value is -2.68. The van der Waals surface area contributed by atoms with Crippen LogP contribution in [0.5, 0.6) is 0 Å². The van der Waals surface area contributed by atoms with E-state index in [1.807, 2.05) is 43.3 Å². The summed E-state index contributed by atoms with van der Waals surface area (Å²) in [7, 11) is -5.97. The van der Waals surface area contributed by atoms with Crippen LogP contribution in [-0.2, 0) is 26.6 Å². The summed E-state index contributed by atoms with van der Waals surface area (Å²) in [5.41, 5.74) is 2.64. The highest BCUT2D eigenvalue weighted by Gasteiger charge is 2.22. The Bertz CT molecular complexity index is 1240. The maximum Gasteiger partial charge on any atom is 0.262 e. The third-order valence-electron chi connectivity index (χ3n) is 4.70. The van der Waals surface area contributed by atoms with Gasteiger partial charge in [-0.2, -0.15) is 4.31 Å². The molecule has 0 aromatic heterocycles. The second-order valence-corrected chi connectivity index (χ2v) is 10.8. The van der Waals surface area contributed by atoms with Gasteiger partial charge in [-0.1, -0.05) is 42.5 Å². The van der Waals surface area contributed by atoms with Crippen LogP contribution in [0.15, 0.2) is 82.6 Å². The van der Waals surface area contributed by atoms with Crippen molar-refractivity contribution in [2.45, 2.75) is 30.2 Å². The van der Waals surface area contributed by atoms with Gasteiger partial charge in [-0.15, -0.1) is 0 Å². The molecule has 3 aromatic carbocycles. The summed E-state index contributed by atoms with van der Waals surface area (Å²) in [5.74, 6) is 0. The minimum atomic E-state index is -3.78. The molecule has 0 amide bonds. The summed E-state index contributed by atoms with van der Waals surface area (Å²) < 4.78 is 54.9. The minimum absolute atomic E-state index is 0.0932. The average molecular weight is 445 g/mol. The molecule has 0 radical (unpaired) electrons. The fourth-order valence-electron chi connectivity index (χ4n) is 3.01. The van der Waals surface area contributed by atoms with E-state index in [-0.39, 0.29) is 16.3 Å². The van der Waals surface area contributed by atoms with Crippen LogP contribution in [0.1, 0.15) is 16.7 Å². The van der Waals surface area contributed by atoms with Crippen molar-refractivity contribution in [1.82, 2.24) is 4.31 Å². The lowest BCUT2D eigenvalue weighted by Crippen LogP contribution is -2.26. The van der Waals surface area contributed by atoms with E-state index < -0.39 is 20.0 Å². The van der Waals surface area contributed by atoms with Gasteiger partial charge in [0.05, 0.1) is 9.79 Å². The number of nitrogens with one attached hydrogen (secondary N) is 1. The number of nitrogens with zero attached hydrogens (tertiary/aromatic N) is 1. The Morgan fingerprint density at radius 1 is 0.833 bits per heavy atom. The third-order valence-corrected chi connectivity index (χ3v) is 8.04. The SMILES string of the molecule is Cc1ccc(C)c(S(=O)(=O)Nc2ccc(S(=O)(=O)N(C)Cc3ccccc3)cc2)c1. The molecule has 0 heterocycles. The first-order chi connectivity index (χ1) is 14.1. The highest BCUT2D eigenvalue weighted by Crippen LogP contribution is 2.23. The Morgan fingerprint density at radius 3 is 2.10 bits per heavy atom. The molecule has 0 unspecified atom stereocenters. The number of hydrogen-bond acceptors (Lipinski definition) is 4. The minimum Gasteiger partial charge on any atom is -0.280 e. The number of aryl methyl sites for hydroxylation is 2. The van der Waals surface area contributed by atoms with Crippen LogP contribution in [0.3, 0.4) is 0 Å². The van der Waals surface area contributed by atoms with Crippen LogP contribution in [-0.4, -0.2) is 28.2 Å². The standard InChI is InChI=1S/C22H24N2O4S2/c1-17-9-10-18(2)22(15-17)29(25,26)23-20-11-13-21(14-12-20)30(27,28)24(3)16-19-7-5-4-6-8-19/h4-15,23H,16H2,1-3H3. The smallest absolute Gasteiger partial charge is 0.262 e.